The zero-order chi connectivity index (χ0) is 18.2. The Morgan fingerprint density at radius 2 is 1.81 bits per heavy atom. The fourth-order valence-electron chi connectivity index (χ4n) is 2.25. The first-order chi connectivity index (χ1) is 12.8. The van der Waals surface area contributed by atoms with Crippen LogP contribution in [-0.2, 0) is 6.54 Å². The molecule has 0 unspecified atom stereocenters. The summed E-state index contributed by atoms with van der Waals surface area (Å²) in [6.07, 6.45) is 4.68. The highest BCUT2D eigenvalue weighted by molar-refractivity contribution is 6.04. The molecule has 1 aromatic carbocycles. The number of para-hydroxylation sites is 2. The second kappa shape index (κ2) is 8.57. The number of aromatic nitrogens is 3. The molecule has 26 heavy (non-hydrogen) atoms. The van der Waals surface area contributed by atoms with E-state index in [1.165, 1.54) is 12.4 Å². The van der Waals surface area contributed by atoms with Crippen molar-refractivity contribution in [2.24, 2.45) is 0 Å². The maximum Gasteiger partial charge on any atom is 0.258 e. The number of hydrogen-bond acceptors (Lipinski definition) is 6. The van der Waals surface area contributed by atoms with Crippen molar-refractivity contribution < 1.29 is 9.53 Å². The van der Waals surface area contributed by atoms with Gasteiger partial charge in [0.2, 0.25) is 5.95 Å². The molecule has 0 aliphatic rings. The summed E-state index contributed by atoms with van der Waals surface area (Å²) in [5, 5.41) is 5.88. The van der Waals surface area contributed by atoms with E-state index in [4.69, 9.17) is 4.74 Å². The maximum atomic E-state index is 12.4. The van der Waals surface area contributed by atoms with Crippen LogP contribution in [0, 0.1) is 0 Å². The molecule has 0 aliphatic carbocycles. The number of pyridine rings is 1. The van der Waals surface area contributed by atoms with Gasteiger partial charge in [-0.3, -0.25) is 9.78 Å². The predicted octanol–water partition coefficient (Wildman–Crippen LogP) is 3.13. The molecule has 7 heteroatoms. The van der Waals surface area contributed by atoms with E-state index in [9.17, 15) is 4.79 Å². The summed E-state index contributed by atoms with van der Waals surface area (Å²) in [6.45, 7) is 2.92. The number of carbonyl (C=O) groups is 1. The Bertz CT molecular complexity index is 853. The third kappa shape index (κ3) is 4.54. The third-order valence-corrected chi connectivity index (χ3v) is 3.50. The van der Waals surface area contributed by atoms with Crippen LogP contribution < -0.4 is 15.4 Å². The minimum Gasteiger partial charge on any atom is -0.492 e. The SMILES string of the molecule is CCOc1ccccc1NC(=O)c1cnc(NCc2ccccn2)nc1. The Balaban J connectivity index is 1.62. The molecule has 0 radical (unpaired) electrons. The van der Waals surface area contributed by atoms with Gasteiger partial charge in [-0.1, -0.05) is 18.2 Å². The number of benzene rings is 1. The molecule has 1 amide bonds. The van der Waals surface area contributed by atoms with E-state index in [2.05, 4.69) is 25.6 Å². The number of carbonyl (C=O) groups excluding carboxylic acids is 1. The summed E-state index contributed by atoms with van der Waals surface area (Å²) < 4.78 is 5.50. The second-order valence-electron chi connectivity index (χ2n) is 5.35. The van der Waals surface area contributed by atoms with E-state index in [0.29, 0.717) is 36.1 Å². The van der Waals surface area contributed by atoms with Gasteiger partial charge in [0.05, 0.1) is 30.1 Å². The van der Waals surface area contributed by atoms with Gasteiger partial charge in [0.25, 0.3) is 5.91 Å². The zero-order valence-corrected chi connectivity index (χ0v) is 14.3. The lowest BCUT2D eigenvalue weighted by atomic mass is 10.2. The van der Waals surface area contributed by atoms with Crippen molar-refractivity contribution in [2.75, 3.05) is 17.2 Å². The average Bonchev–Trinajstić information content (AvgIpc) is 2.69. The van der Waals surface area contributed by atoms with Crippen molar-refractivity contribution in [1.29, 1.82) is 0 Å². The van der Waals surface area contributed by atoms with Crippen LogP contribution >= 0.6 is 0 Å². The first-order valence-corrected chi connectivity index (χ1v) is 8.25. The lowest BCUT2D eigenvalue weighted by Gasteiger charge is -2.11. The summed E-state index contributed by atoms with van der Waals surface area (Å²) in [4.78, 5) is 24.9. The van der Waals surface area contributed by atoms with Crippen LogP contribution in [0.4, 0.5) is 11.6 Å². The summed E-state index contributed by atoms with van der Waals surface area (Å²) in [5.41, 5.74) is 1.85. The number of ether oxygens (including phenoxy) is 1. The topological polar surface area (TPSA) is 89.0 Å². The molecule has 0 aliphatic heterocycles. The van der Waals surface area contributed by atoms with E-state index in [0.717, 1.165) is 5.69 Å². The van der Waals surface area contributed by atoms with Crippen molar-refractivity contribution in [1.82, 2.24) is 15.0 Å². The van der Waals surface area contributed by atoms with Crippen molar-refractivity contribution in [3.63, 3.8) is 0 Å². The number of nitrogens with one attached hydrogen (secondary N) is 2. The lowest BCUT2D eigenvalue weighted by molar-refractivity contribution is 0.102. The highest BCUT2D eigenvalue weighted by atomic mass is 16.5. The number of amides is 1. The van der Waals surface area contributed by atoms with Crippen LogP contribution in [0.5, 0.6) is 5.75 Å². The van der Waals surface area contributed by atoms with E-state index in [-0.39, 0.29) is 5.91 Å². The van der Waals surface area contributed by atoms with Crippen molar-refractivity contribution in [2.45, 2.75) is 13.5 Å². The van der Waals surface area contributed by atoms with Gasteiger partial charge >= 0.3 is 0 Å². The van der Waals surface area contributed by atoms with E-state index < -0.39 is 0 Å². The Hall–Kier alpha value is -3.48. The highest BCUT2D eigenvalue weighted by Gasteiger charge is 2.11. The smallest absolute Gasteiger partial charge is 0.258 e. The zero-order valence-electron chi connectivity index (χ0n) is 14.3. The Morgan fingerprint density at radius 3 is 2.54 bits per heavy atom. The highest BCUT2D eigenvalue weighted by Crippen LogP contribution is 2.24. The van der Waals surface area contributed by atoms with Gasteiger partial charge in [0.15, 0.2) is 0 Å². The molecule has 0 spiro atoms. The van der Waals surface area contributed by atoms with Gasteiger partial charge in [-0.25, -0.2) is 9.97 Å². The fourth-order valence-corrected chi connectivity index (χ4v) is 2.25. The van der Waals surface area contributed by atoms with Gasteiger partial charge < -0.3 is 15.4 Å². The fraction of sp³-hybridized carbons (Fsp3) is 0.158. The molecule has 2 heterocycles. The summed E-state index contributed by atoms with van der Waals surface area (Å²) in [5.74, 6) is 0.758. The number of rotatable bonds is 7. The quantitative estimate of drug-likeness (QED) is 0.681. The van der Waals surface area contributed by atoms with E-state index >= 15 is 0 Å². The Labute approximate surface area is 151 Å². The molecule has 132 valence electrons. The third-order valence-electron chi connectivity index (χ3n) is 3.50. The number of nitrogens with zero attached hydrogens (tertiary/aromatic N) is 3. The molecule has 2 N–H and O–H groups in total. The van der Waals surface area contributed by atoms with Crippen LogP contribution in [0.2, 0.25) is 0 Å². The molecular weight excluding hydrogens is 330 g/mol. The van der Waals surface area contributed by atoms with Crippen molar-refractivity contribution >= 4 is 17.5 Å². The van der Waals surface area contributed by atoms with Crippen LogP contribution in [0.1, 0.15) is 23.0 Å². The molecular formula is C19H19N5O2. The number of hydrogen-bond donors (Lipinski definition) is 2. The number of anilines is 2. The van der Waals surface area contributed by atoms with Crippen molar-refractivity contribution in [3.8, 4) is 5.75 Å². The maximum absolute atomic E-state index is 12.4. The summed E-state index contributed by atoms with van der Waals surface area (Å²) >= 11 is 0. The molecule has 3 rings (SSSR count). The average molecular weight is 349 g/mol. The van der Waals surface area contributed by atoms with Crippen molar-refractivity contribution in [3.05, 3.63) is 72.3 Å². The van der Waals surface area contributed by atoms with Gasteiger partial charge in [-0.2, -0.15) is 0 Å². The molecule has 0 bridgehead atoms. The minimum atomic E-state index is -0.298. The monoisotopic (exact) mass is 349 g/mol. The molecule has 2 aromatic heterocycles. The van der Waals surface area contributed by atoms with Crippen LogP contribution in [0.25, 0.3) is 0 Å². The normalized spacial score (nSPS) is 10.2. The summed E-state index contributed by atoms with van der Waals surface area (Å²) in [7, 11) is 0. The molecule has 7 nitrogen and oxygen atoms in total. The standard InChI is InChI=1S/C19H19N5O2/c1-2-26-17-9-4-3-8-16(17)24-18(25)14-11-21-19(22-12-14)23-13-15-7-5-6-10-20-15/h3-12H,2,13H2,1H3,(H,24,25)(H,21,22,23). The molecule has 0 saturated heterocycles. The second-order valence-corrected chi connectivity index (χ2v) is 5.35. The van der Waals surface area contributed by atoms with Crippen LogP contribution in [0.3, 0.4) is 0 Å². The molecule has 0 saturated carbocycles. The first-order valence-electron chi connectivity index (χ1n) is 8.25. The largest absolute Gasteiger partial charge is 0.492 e. The van der Waals surface area contributed by atoms with Gasteiger partial charge in [0.1, 0.15) is 5.75 Å². The van der Waals surface area contributed by atoms with E-state index in [1.807, 2.05) is 37.3 Å². The van der Waals surface area contributed by atoms with Gasteiger partial charge in [0, 0.05) is 18.6 Å². The first kappa shape index (κ1) is 17.3. The Kier molecular flexibility index (Phi) is 5.72. The van der Waals surface area contributed by atoms with Gasteiger partial charge in [-0.15, -0.1) is 0 Å². The minimum absolute atomic E-state index is 0.298. The van der Waals surface area contributed by atoms with Crippen LogP contribution in [-0.4, -0.2) is 27.5 Å². The summed E-state index contributed by atoms with van der Waals surface area (Å²) in [6, 6.07) is 13.0. The van der Waals surface area contributed by atoms with Crippen LogP contribution in [0.15, 0.2) is 61.1 Å². The molecule has 0 fully saturated rings. The lowest BCUT2D eigenvalue weighted by Crippen LogP contribution is -2.14. The van der Waals surface area contributed by atoms with Gasteiger partial charge in [-0.05, 0) is 31.2 Å². The van der Waals surface area contributed by atoms with E-state index in [1.54, 1.807) is 18.3 Å². The predicted molar refractivity (Wildman–Crippen MR) is 99.2 cm³/mol. The molecule has 0 atom stereocenters. The Morgan fingerprint density at radius 1 is 1.04 bits per heavy atom. The molecule has 3 aromatic rings.